The van der Waals surface area contributed by atoms with Gasteiger partial charge in [0.05, 0.1) is 0 Å². The number of nitrogens with zero attached hydrogens (tertiary/aromatic N) is 2. The molecule has 0 saturated heterocycles. The molecule has 0 radical (unpaired) electrons. The SMILES string of the molecule is CN(C)Cc1cccc(-c2cc(N)no2)c1. The van der Waals surface area contributed by atoms with Crippen LogP contribution in [0.4, 0.5) is 5.82 Å². The second-order valence-corrected chi connectivity index (χ2v) is 4.05. The molecule has 0 saturated carbocycles. The predicted octanol–water partition coefficient (Wildman–Crippen LogP) is 1.99. The van der Waals surface area contributed by atoms with Crippen molar-refractivity contribution >= 4 is 5.82 Å². The lowest BCUT2D eigenvalue weighted by Crippen LogP contribution is -2.10. The normalized spacial score (nSPS) is 10.9. The molecule has 0 atom stereocenters. The van der Waals surface area contributed by atoms with E-state index in [4.69, 9.17) is 10.3 Å². The van der Waals surface area contributed by atoms with Crippen molar-refractivity contribution in [2.75, 3.05) is 19.8 Å². The van der Waals surface area contributed by atoms with Gasteiger partial charge in [-0.1, -0.05) is 23.4 Å². The van der Waals surface area contributed by atoms with Crippen LogP contribution in [-0.2, 0) is 6.54 Å². The van der Waals surface area contributed by atoms with Crippen LogP contribution in [-0.4, -0.2) is 24.2 Å². The number of hydrogen-bond acceptors (Lipinski definition) is 4. The molecule has 1 heterocycles. The molecule has 4 heteroatoms. The molecule has 0 aliphatic heterocycles. The number of benzene rings is 1. The van der Waals surface area contributed by atoms with Gasteiger partial charge >= 0.3 is 0 Å². The molecular formula is C12H15N3O. The number of anilines is 1. The minimum absolute atomic E-state index is 0.410. The van der Waals surface area contributed by atoms with E-state index in [1.54, 1.807) is 6.07 Å². The van der Waals surface area contributed by atoms with Gasteiger partial charge in [0.2, 0.25) is 0 Å². The molecule has 0 amide bonds. The van der Waals surface area contributed by atoms with Crippen molar-refractivity contribution in [3.05, 3.63) is 35.9 Å². The van der Waals surface area contributed by atoms with E-state index in [9.17, 15) is 0 Å². The Balaban J connectivity index is 2.28. The first kappa shape index (κ1) is 10.7. The van der Waals surface area contributed by atoms with Crippen molar-refractivity contribution in [3.63, 3.8) is 0 Å². The zero-order valence-electron chi connectivity index (χ0n) is 9.47. The smallest absolute Gasteiger partial charge is 0.169 e. The highest BCUT2D eigenvalue weighted by molar-refractivity contribution is 5.60. The van der Waals surface area contributed by atoms with Crippen molar-refractivity contribution < 1.29 is 4.52 Å². The van der Waals surface area contributed by atoms with Gasteiger partial charge in [-0.3, -0.25) is 0 Å². The average Bonchev–Trinajstić information content (AvgIpc) is 2.64. The number of hydrogen-bond donors (Lipinski definition) is 1. The largest absolute Gasteiger partial charge is 0.381 e. The van der Waals surface area contributed by atoms with Crippen molar-refractivity contribution in [3.8, 4) is 11.3 Å². The molecule has 16 heavy (non-hydrogen) atoms. The summed E-state index contributed by atoms with van der Waals surface area (Å²) in [5.41, 5.74) is 7.76. The average molecular weight is 217 g/mol. The van der Waals surface area contributed by atoms with Crippen LogP contribution in [0, 0.1) is 0 Å². The van der Waals surface area contributed by atoms with Gasteiger partial charge in [-0.05, 0) is 25.7 Å². The molecule has 0 unspecified atom stereocenters. The van der Waals surface area contributed by atoms with E-state index in [1.165, 1.54) is 5.56 Å². The Bertz CT molecular complexity index is 477. The highest BCUT2D eigenvalue weighted by Gasteiger charge is 2.05. The first-order valence-electron chi connectivity index (χ1n) is 5.11. The van der Waals surface area contributed by atoms with E-state index < -0.39 is 0 Å². The van der Waals surface area contributed by atoms with Gasteiger partial charge in [0.1, 0.15) is 0 Å². The number of rotatable bonds is 3. The Morgan fingerprint density at radius 2 is 2.12 bits per heavy atom. The third-order valence-electron chi connectivity index (χ3n) is 2.24. The monoisotopic (exact) mass is 217 g/mol. The van der Waals surface area contributed by atoms with Crippen LogP contribution in [0.5, 0.6) is 0 Å². The van der Waals surface area contributed by atoms with Gasteiger partial charge in [-0.2, -0.15) is 0 Å². The molecule has 1 aromatic heterocycles. The van der Waals surface area contributed by atoms with Crippen LogP contribution < -0.4 is 5.73 Å². The lowest BCUT2D eigenvalue weighted by atomic mass is 10.1. The molecule has 2 N–H and O–H groups in total. The van der Waals surface area contributed by atoms with Crippen LogP contribution >= 0.6 is 0 Å². The molecule has 0 spiro atoms. The fourth-order valence-corrected chi connectivity index (χ4v) is 1.61. The maximum Gasteiger partial charge on any atom is 0.169 e. The highest BCUT2D eigenvalue weighted by atomic mass is 16.5. The molecule has 2 rings (SSSR count). The molecule has 1 aromatic carbocycles. The molecule has 0 fully saturated rings. The fraction of sp³-hybridized carbons (Fsp3) is 0.250. The lowest BCUT2D eigenvalue weighted by Gasteiger charge is -2.09. The third kappa shape index (κ3) is 2.41. The summed E-state index contributed by atoms with van der Waals surface area (Å²) < 4.78 is 5.12. The molecule has 0 bridgehead atoms. The summed E-state index contributed by atoms with van der Waals surface area (Å²) in [5.74, 6) is 1.12. The minimum atomic E-state index is 0.410. The lowest BCUT2D eigenvalue weighted by molar-refractivity contribution is 0.402. The van der Waals surface area contributed by atoms with Crippen LogP contribution in [0.2, 0.25) is 0 Å². The zero-order chi connectivity index (χ0) is 11.5. The predicted molar refractivity (Wildman–Crippen MR) is 63.7 cm³/mol. The molecule has 0 aliphatic rings. The van der Waals surface area contributed by atoms with E-state index in [2.05, 4.69) is 22.2 Å². The summed E-state index contributed by atoms with van der Waals surface area (Å²) in [7, 11) is 4.08. The van der Waals surface area contributed by atoms with E-state index in [0.717, 1.165) is 12.1 Å². The Morgan fingerprint density at radius 3 is 2.75 bits per heavy atom. The van der Waals surface area contributed by atoms with E-state index in [-0.39, 0.29) is 0 Å². The van der Waals surface area contributed by atoms with E-state index in [0.29, 0.717) is 11.6 Å². The van der Waals surface area contributed by atoms with Crippen LogP contribution in [0.3, 0.4) is 0 Å². The van der Waals surface area contributed by atoms with Gasteiger partial charge in [0, 0.05) is 18.2 Å². The first-order valence-corrected chi connectivity index (χ1v) is 5.11. The number of aromatic nitrogens is 1. The number of nitrogens with two attached hydrogens (primary N) is 1. The summed E-state index contributed by atoms with van der Waals surface area (Å²) >= 11 is 0. The fourth-order valence-electron chi connectivity index (χ4n) is 1.61. The molecule has 84 valence electrons. The second-order valence-electron chi connectivity index (χ2n) is 4.05. The van der Waals surface area contributed by atoms with Gasteiger partial charge in [-0.25, -0.2) is 0 Å². The van der Waals surface area contributed by atoms with Crippen LogP contribution in [0.15, 0.2) is 34.9 Å². The van der Waals surface area contributed by atoms with Crippen LogP contribution in [0.25, 0.3) is 11.3 Å². The van der Waals surface area contributed by atoms with Gasteiger partial charge in [-0.15, -0.1) is 0 Å². The summed E-state index contributed by atoms with van der Waals surface area (Å²) in [4.78, 5) is 2.12. The molecule has 0 aliphatic carbocycles. The summed E-state index contributed by atoms with van der Waals surface area (Å²) in [6, 6.07) is 9.89. The molecule has 2 aromatic rings. The quantitative estimate of drug-likeness (QED) is 0.854. The van der Waals surface area contributed by atoms with Crippen molar-refractivity contribution in [1.29, 1.82) is 0 Å². The highest BCUT2D eigenvalue weighted by Crippen LogP contribution is 2.22. The Morgan fingerprint density at radius 1 is 1.31 bits per heavy atom. The van der Waals surface area contributed by atoms with Gasteiger partial charge in [0.15, 0.2) is 11.6 Å². The maximum atomic E-state index is 5.52. The first-order chi connectivity index (χ1) is 7.65. The maximum absolute atomic E-state index is 5.52. The summed E-state index contributed by atoms with van der Waals surface area (Å²) in [5, 5.41) is 3.68. The van der Waals surface area contributed by atoms with Gasteiger partial charge in [0.25, 0.3) is 0 Å². The van der Waals surface area contributed by atoms with Crippen molar-refractivity contribution in [2.45, 2.75) is 6.54 Å². The Kier molecular flexibility index (Phi) is 2.92. The second kappa shape index (κ2) is 4.37. The summed E-state index contributed by atoms with van der Waals surface area (Å²) in [6.07, 6.45) is 0. The van der Waals surface area contributed by atoms with Crippen molar-refractivity contribution in [1.82, 2.24) is 10.1 Å². The number of nitrogen functional groups attached to an aromatic ring is 1. The zero-order valence-corrected chi connectivity index (χ0v) is 9.47. The van der Waals surface area contributed by atoms with E-state index >= 15 is 0 Å². The molecular weight excluding hydrogens is 202 g/mol. The Hall–Kier alpha value is -1.81. The third-order valence-corrected chi connectivity index (χ3v) is 2.24. The van der Waals surface area contributed by atoms with E-state index in [1.807, 2.05) is 26.2 Å². The summed E-state index contributed by atoms with van der Waals surface area (Å²) in [6.45, 7) is 0.900. The Labute approximate surface area is 94.6 Å². The topological polar surface area (TPSA) is 55.3 Å². The minimum Gasteiger partial charge on any atom is -0.381 e. The standard InChI is InChI=1S/C12H15N3O/c1-15(2)8-9-4-3-5-10(6-9)11-7-12(13)14-16-11/h3-7H,8H2,1-2H3,(H2,13,14). The van der Waals surface area contributed by atoms with Crippen molar-refractivity contribution in [2.24, 2.45) is 0 Å². The van der Waals surface area contributed by atoms with Crippen LogP contribution in [0.1, 0.15) is 5.56 Å². The molecule has 4 nitrogen and oxygen atoms in total. The van der Waals surface area contributed by atoms with Gasteiger partial charge < -0.3 is 15.2 Å².